The molecule has 0 saturated carbocycles. The molecule has 4 heterocycles. The van der Waals surface area contributed by atoms with E-state index in [2.05, 4.69) is 4.98 Å². The maximum atomic E-state index is 13.7. The van der Waals surface area contributed by atoms with Crippen LogP contribution >= 0.6 is 0 Å². The first-order valence-corrected chi connectivity index (χ1v) is 13.8. The normalized spacial score (nSPS) is 23.9. The van der Waals surface area contributed by atoms with Crippen LogP contribution in [0.3, 0.4) is 0 Å². The van der Waals surface area contributed by atoms with Gasteiger partial charge in [0, 0.05) is 66.8 Å². The van der Waals surface area contributed by atoms with E-state index in [0.29, 0.717) is 58.5 Å². The third-order valence-electron chi connectivity index (χ3n) is 7.92. The van der Waals surface area contributed by atoms with Gasteiger partial charge in [-0.15, -0.1) is 0 Å². The van der Waals surface area contributed by atoms with Crippen molar-refractivity contribution in [1.29, 1.82) is 0 Å². The van der Waals surface area contributed by atoms with Crippen molar-refractivity contribution in [1.82, 2.24) is 14.2 Å². The molecule has 0 bridgehead atoms. The fourth-order valence-corrected chi connectivity index (χ4v) is 6.92. The molecule has 1 aromatic carbocycles. The molecule has 1 amide bonds. The molecule has 2 aromatic rings. The van der Waals surface area contributed by atoms with Gasteiger partial charge in [-0.25, -0.2) is 12.7 Å². The average molecular weight is 492 g/mol. The highest BCUT2D eigenvalue weighted by Gasteiger charge is 2.50. The number of nitrogens with one attached hydrogen (secondary N) is 1. The van der Waals surface area contributed by atoms with E-state index < -0.39 is 21.5 Å². The van der Waals surface area contributed by atoms with Gasteiger partial charge in [-0.2, -0.15) is 0 Å². The summed E-state index contributed by atoms with van der Waals surface area (Å²) in [6.07, 6.45) is 3.83. The predicted molar refractivity (Wildman–Crippen MR) is 127 cm³/mol. The Morgan fingerprint density at radius 3 is 2.59 bits per heavy atom. The molecule has 0 radical (unpaired) electrons. The van der Waals surface area contributed by atoms with Crippen molar-refractivity contribution in [2.45, 2.75) is 37.1 Å². The van der Waals surface area contributed by atoms with Crippen LogP contribution in [-0.4, -0.2) is 86.4 Å². The lowest BCUT2D eigenvalue weighted by molar-refractivity contribution is -0.144. The number of aliphatic hydroxyl groups is 1. The number of amides is 1. The molecular weight excluding hydrogens is 458 g/mol. The summed E-state index contributed by atoms with van der Waals surface area (Å²) in [7, 11) is -1.66. The van der Waals surface area contributed by atoms with E-state index in [1.807, 2.05) is 23.1 Å². The van der Waals surface area contributed by atoms with E-state index >= 15 is 0 Å². The first-order chi connectivity index (χ1) is 16.3. The molecule has 34 heavy (non-hydrogen) atoms. The maximum Gasteiger partial charge on any atom is 0.226 e. The number of H-pyrrole nitrogens is 1. The number of nitrogens with zero attached hydrogens (tertiary/aromatic N) is 2. The van der Waals surface area contributed by atoms with Crippen molar-refractivity contribution >= 4 is 26.8 Å². The van der Waals surface area contributed by atoms with Gasteiger partial charge in [0.2, 0.25) is 15.9 Å². The van der Waals surface area contributed by atoms with Gasteiger partial charge >= 0.3 is 0 Å². The third-order valence-corrected chi connectivity index (χ3v) is 9.23. The standard InChI is InChI=1S/C24H33N3O6S/c1-32-17-3-4-18-19(13-17)25-22-20(14-28)27(23(29)16-5-11-33-12-6-16)15-24(21(18)22)7-9-26(10-8-24)34(2,30)31/h3-4,13,16,20,25,28H,5-12,14-15H2,1-2H3/t20-/m1/s1. The summed E-state index contributed by atoms with van der Waals surface area (Å²) in [6.45, 7) is 2.24. The highest BCUT2D eigenvalue weighted by molar-refractivity contribution is 7.88. The van der Waals surface area contributed by atoms with Gasteiger partial charge in [0.05, 0.1) is 26.0 Å². The van der Waals surface area contributed by atoms with Gasteiger partial charge in [0.1, 0.15) is 5.75 Å². The molecule has 9 nitrogen and oxygen atoms in total. The number of aromatic nitrogens is 1. The molecule has 1 spiro atoms. The monoisotopic (exact) mass is 491 g/mol. The Morgan fingerprint density at radius 1 is 1.26 bits per heavy atom. The zero-order valence-corrected chi connectivity index (χ0v) is 20.6. The fourth-order valence-electron chi connectivity index (χ4n) is 6.07. The Kier molecular flexibility index (Phi) is 6.12. The van der Waals surface area contributed by atoms with Crippen LogP contribution < -0.4 is 4.74 Å². The smallest absolute Gasteiger partial charge is 0.226 e. The van der Waals surface area contributed by atoms with E-state index in [0.717, 1.165) is 27.9 Å². The Morgan fingerprint density at radius 2 is 1.97 bits per heavy atom. The lowest BCUT2D eigenvalue weighted by atomic mass is 9.68. The van der Waals surface area contributed by atoms with Crippen molar-refractivity contribution in [3.63, 3.8) is 0 Å². The van der Waals surface area contributed by atoms with Gasteiger partial charge < -0.3 is 24.5 Å². The molecule has 3 aliphatic heterocycles. The van der Waals surface area contributed by atoms with Crippen LogP contribution in [0.2, 0.25) is 0 Å². The number of carbonyl (C=O) groups excluding carboxylic acids is 1. The van der Waals surface area contributed by atoms with Crippen LogP contribution in [0.25, 0.3) is 10.9 Å². The van der Waals surface area contributed by atoms with E-state index in [1.54, 1.807) is 7.11 Å². The van der Waals surface area contributed by atoms with Crippen molar-refractivity contribution in [3.05, 3.63) is 29.5 Å². The van der Waals surface area contributed by atoms with Gasteiger partial charge in [-0.1, -0.05) is 0 Å². The third kappa shape index (κ3) is 3.90. The van der Waals surface area contributed by atoms with Crippen LogP contribution in [0.5, 0.6) is 5.75 Å². The largest absolute Gasteiger partial charge is 0.497 e. The Balaban J connectivity index is 1.61. The molecular formula is C24H33N3O6S. The molecule has 0 unspecified atom stereocenters. The Labute approximate surface area is 200 Å². The van der Waals surface area contributed by atoms with Gasteiger partial charge in [-0.3, -0.25) is 4.79 Å². The number of piperidine rings is 1. The first-order valence-electron chi connectivity index (χ1n) is 11.9. The second-order valence-electron chi connectivity index (χ2n) is 9.82. The Bertz CT molecular complexity index is 1180. The van der Waals surface area contributed by atoms with E-state index in [9.17, 15) is 18.3 Å². The first kappa shape index (κ1) is 23.6. The quantitative estimate of drug-likeness (QED) is 0.674. The van der Waals surface area contributed by atoms with Crippen LogP contribution in [0, 0.1) is 5.92 Å². The summed E-state index contributed by atoms with van der Waals surface area (Å²) in [6, 6.07) is 5.41. The highest BCUT2D eigenvalue weighted by atomic mass is 32.2. The van der Waals surface area contributed by atoms with Gasteiger partial charge in [0.15, 0.2) is 0 Å². The molecule has 2 fully saturated rings. The molecule has 0 aliphatic carbocycles. The topological polar surface area (TPSA) is 112 Å². The summed E-state index contributed by atoms with van der Waals surface area (Å²) in [5, 5.41) is 11.5. The minimum Gasteiger partial charge on any atom is -0.497 e. The number of carbonyl (C=O) groups is 1. The molecule has 3 aliphatic rings. The number of fused-ring (bicyclic) bond motifs is 4. The van der Waals surface area contributed by atoms with E-state index in [-0.39, 0.29) is 18.4 Å². The average Bonchev–Trinajstić information content (AvgIpc) is 3.23. The van der Waals surface area contributed by atoms with Crippen LogP contribution in [-0.2, 0) is 25.0 Å². The number of methoxy groups -OCH3 is 1. The van der Waals surface area contributed by atoms with Crippen LogP contribution in [0.1, 0.15) is 43.0 Å². The van der Waals surface area contributed by atoms with Crippen molar-refractivity contribution in [2.75, 3.05) is 52.8 Å². The fraction of sp³-hybridized carbons (Fsp3) is 0.625. The number of sulfonamides is 1. The van der Waals surface area contributed by atoms with Crippen LogP contribution in [0.4, 0.5) is 0 Å². The highest BCUT2D eigenvalue weighted by Crippen LogP contribution is 2.49. The SMILES string of the molecule is COc1ccc2c3c([nH]c2c1)[C@@H](CO)N(C(=O)C1CCOCC1)CC31CCN(S(C)(=O)=O)CC1. The zero-order valence-electron chi connectivity index (χ0n) is 19.7. The molecule has 2 saturated heterocycles. The van der Waals surface area contributed by atoms with E-state index in [1.165, 1.54) is 10.6 Å². The minimum atomic E-state index is -3.28. The minimum absolute atomic E-state index is 0.0501. The van der Waals surface area contributed by atoms with Crippen molar-refractivity contribution in [2.24, 2.45) is 5.92 Å². The van der Waals surface area contributed by atoms with Crippen LogP contribution in [0.15, 0.2) is 18.2 Å². The molecule has 1 aromatic heterocycles. The summed E-state index contributed by atoms with van der Waals surface area (Å²) >= 11 is 0. The zero-order chi connectivity index (χ0) is 24.1. The number of benzene rings is 1. The number of hydrogen-bond acceptors (Lipinski definition) is 6. The Hall–Kier alpha value is -2.14. The summed E-state index contributed by atoms with van der Waals surface area (Å²) in [5.41, 5.74) is 2.46. The van der Waals surface area contributed by atoms with E-state index in [4.69, 9.17) is 9.47 Å². The van der Waals surface area contributed by atoms with Crippen molar-refractivity contribution < 1.29 is 27.8 Å². The predicted octanol–water partition coefficient (Wildman–Crippen LogP) is 1.77. The molecule has 5 rings (SSSR count). The van der Waals surface area contributed by atoms with Gasteiger partial charge in [-0.05, 0) is 43.4 Å². The maximum absolute atomic E-state index is 13.7. The number of aromatic amines is 1. The van der Waals surface area contributed by atoms with Gasteiger partial charge in [0.25, 0.3) is 0 Å². The number of hydrogen-bond donors (Lipinski definition) is 2. The molecule has 1 atom stereocenters. The number of aliphatic hydroxyl groups excluding tert-OH is 1. The van der Waals surface area contributed by atoms with Crippen molar-refractivity contribution in [3.8, 4) is 5.75 Å². The lowest BCUT2D eigenvalue weighted by Crippen LogP contribution is -2.56. The molecule has 10 heteroatoms. The summed E-state index contributed by atoms with van der Waals surface area (Å²) in [4.78, 5) is 19.1. The summed E-state index contributed by atoms with van der Waals surface area (Å²) in [5.74, 6) is 0.652. The summed E-state index contributed by atoms with van der Waals surface area (Å²) < 4.78 is 36.8. The molecule has 2 N–H and O–H groups in total. The molecule has 186 valence electrons. The second-order valence-corrected chi connectivity index (χ2v) is 11.8. The number of ether oxygens (including phenoxy) is 2. The second kappa shape index (κ2) is 8.82. The number of rotatable bonds is 4. The lowest BCUT2D eigenvalue weighted by Gasteiger charge is -2.50.